The van der Waals surface area contributed by atoms with Crippen LogP contribution in [0.1, 0.15) is 26.4 Å². The van der Waals surface area contributed by atoms with Crippen LogP contribution in [0.15, 0.2) is 42.9 Å². The van der Waals surface area contributed by atoms with E-state index in [1.807, 2.05) is 0 Å². The van der Waals surface area contributed by atoms with Gasteiger partial charge >= 0.3 is 5.97 Å². The average Bonchev–Trinajstić information content (AvgIpc) is 3.16. The second kappa shape index (κ2) is 6.56. The third kappa shape index (κ3) is 3.39. The zero-order valence-corrected chi connectivity index (χ0v) is 13.2. The summed E-state index contributed by atoms with van der Waals surface area (Å²) in [6.45, 7) is 0.204. The minimum atomic E-state index is -1.25. The van der Waals surface area contributed by atoms with Crippen molar-refractivity contribution >= 4 is 17.6 Å². The summed E-state index contributed by atoms with van der Waals surface area (Å²) in [5, 5.41) is 19.6. The number of rotatable bonds is 5. The van der Waals surface area contributed by atoms with Gasteiger partial charge in [0.2, 0.25) is 0 Å². The maximum absolute atomic E-state index is 13.7. The van der Waals surface area contributed by atoms with Crippen LogP contribution in [0.4, 0.5) is 10.1 Å². The molecule has 0 saturated heterocycles. The molecule has 2 heterocycles. The highest BCUT2D eigenvalue weighted by atomic mass is 19.1. The summed E-state index contributed by atoms with van der Waals surface area (Å²) in [7, 11) is 1.44. The lowest BCUT2D eigenvalue weighted by atomic mass is 10.2. The number of aromatic nitrogens is 4. The first-order valence-electron chi connectivity index (χ1n) is 7.28. The molecule has 0 fully saturated rings. The van der Waals surface area contributed by atoms with Gasteiger partial charge in [0.25, 0.3) is 5.91 Å². The summed E-state index contributed by atoms with van der Waals surface area (Å²) in [6.07, 6.45) is 4.11. The molecule has 9 heteroatoms. The lowest BCUT2D eigenvalue weighted by Crippen LogP contribution is -2.16. The van der Waals surface area contributed by atoms with Gasteiger partial charge in [-0.05, 0) is 6.07 Å². The van der Waals surface area contributed by atoms with Crippen LogP contribution in [0.3, 0.4) is 0 Å². The molecule has 1 aromatic carbocycles. The van der Waals surface area contributed by atoms with Crippen molar-refractivity contribution < 1.29 is 19.1 Å². The number of benzene rings is 1. The van der Waals surface area contributed by atoms with E-state index in [9.17, 15) is 14.0 Å². The highest BCUT2D eigenvalue weighted by Gasteiger charge is 2.21. The normalized spacial score (nSPS) is 10.6. The smallest absolute Gasteiger partial charge is 0.354 e. The van der Waals surface area contributed by atoms with Crippen molar-refractivity contribution in [3.63, 3.8) is 0 Å². The molecule has 0 aliphatic rings. The minimum absolute atomic E-state index is 0.0585. The number of halogens is 1. The first-order chi connectivity index (χ1) is 12.0. The van der Waals surface area contributed by atoms with Crippen molar-refractivity contribution in [3.05, 3.63) is 65.5 Å². The molecule has 0 bridgehead atoms. The van der Waals surface area contributed by atoms with Gasteiger partial charge < -0.3 is 10.4 Å². The lowest BCUT2D eigenvalue weighted by molar-refractivity contribution is 0.0680. The average molecular weight is 343 g/mol. The maximum atomic E-state index is 13.7. The Kier molecular flexibility index (Phi) is 4.29. The number of carboxylic acid groups (broad SMARTS) is 1. The van der Waals surface area contributed by atoms with Crippen LogP contribution in [0.2, 0.25) is 0 Å². The van der Waals surface area contributed by atoms with Crippen molar-refractivity contribution in [3.8, 4) is 0 Å². The zero-order chi connectivity index (χ0) is 18.0. The molecule has 2 N–H and O–H groups in total. The Labute approximate surface area is 141 Å². The summed E-state index contributed by atoms with van der Waals surface area (Å²) < 4.78 is 16.2. The van der Waals surface area contributed by atoms with Gasteiger partial charge in [0.05, 0.1) is 30.2 Å². The SMILES string of the molecule is Cn1ncc(C(=O)Nc2cnn(Cc3ccccc3F)c2)c1C(=O)O. The predicted molar refractivity (Wildman–Crippen MR) is 85.8 cm³/mol. The lowest BCUT2D eigenvalue weighted by Gasteiger charge is -2.03. The summed E-state index contributed by atoms with van der Waals surface area (Å²) in [5.74, 6) is -2.21. The van der Waals surface area contributed by atoms with E-state index in [0.717, 1.165) is 4.68 Å². The fourth-order valence-electron chi connectivity index (χ4n) is 2.37. The van der Waals surface area contributed by atoms with E-state index < -0.39 is 11.9 Å². The number of hydrogen-bond acceptors (Lipinski definition) is 4. The number of carbonyl (C=O) groups excluding carboxylic acids is 1. The number of nitrogens with zero attached hydrogens (tertiary/aromatic N) is 4. The molecule has 3 aromatic rings. The number of hydrogen-bond donors (Lipinski definition) is 2. The standard InChI is InChI=1S/C16H14FN5O3/c1-21-14(16(24)25)12(7-18-21)15(23)20-11-6-19-22(9-11)8-10-4-2-3-5-13(10)17/h2-7,9H,8H2,1H3,(H,20,23)(H,24,25). The number of carboxylic acids is 1. The topological polar surface area (TPSA) is 102 Å². The molecule has 0 radical (unpaired) electrons. The molecule has 128 valence electrons. The zero-order valence-electron chi connectivity index (χ0n) is 13.2. The Morgan fingerprint density at radius 3 is 2.72 bits per heavy atom. The van der Waals surface area contributed by atoms with Gasteiger partial charge in [0.15, 0.2) is 5.69 Å². The Bertz CT molecular complexity index is 947. The molecular weight excluding hydrogens is 329 g/mol. The second-order valence-corrected chi connectivity index (χ2v) is 5.31. The minimum Gasteiger partial charge on any atom is -0.477 e. The molecule has 0 saturated carbocycles. The molecular formula is C16H14FN5O3. The number of anilines is 1. The van der Waals surface area contributed by atoms with Crippen molar-refractivity contribution in [1.82, 2.24) is 19.6 Å². The van der Waals surface area contributed by atoms with E-state index in [-0.39, 0.29) is 23.6 Å². The van der Waals surface area contributed by atoms with Crippen molar-refractivity contribution in [1.29, 1.82) is 0 Å². The van der Waals surface area contributed by atoms with E-state index in [2.05, 4.69) is 15.5 Å². The molecule has 0 unspecified atom stereocenters. The molecule has 0 aliphatic heterocycles. The third-order valence-electron chi connectivity index (χ3n) is 3.57. The quantitative estimate of drug-likeness (QED) is 0.735. The monoisotopic (exact) mass is 343 g/mol. The van der Waals surface area contributed by atoms with Crippen molar-refractivity contribution in [2.24, 2.45) is 7.05 Å². The van der Waals surface area contributed by atoms with Crippen LogP contribution in [0, 0.1) is 5.82 Å². The Hall–Kier alpha value is -3.49. The summed E-state index contributed by atoms with van der Waals surface area (Å²) in [5.41, 5.74) is 0.554. The van der Waals surface area contributed by atoms with Crippen LogP contribution >= 0.6 is 0 Å². The van der Waals surface area contributed by atoms with E-state index >= 15 is 0 Å². The van der Waals surface area contributed by atoms with Crippen LogP contribution in [0.5, 0.6) is 0 Å². The highest BCUT2D eigenvalue weighted by molar-refractivity contribution is 6.09. The number of nitrogens with one attached hydrogen (secondary N) is 1. The first kappa shape index (κ1) is 16.4. The number of aryl methyl sites for hydroxylation is 1. The van der Waals surface area contributed by atoms with Gasteiger partial charge in [-0.3, -0.25) is 14.2 Å². The molecule has 1 amide bonds. The highest BCUT2D eigenvalue weighted by Crippen LogP contribution is 2.14. The van der Waals surface area contributed by atoms with Crippen LogP contribution in [-0.4, -0.2) is 36.5 Å². The Morgan fingerprint density at radius 1 is 1.24 bits per heavy atom. The van der Waals surface area contributed by atoms with Crippen molar-refractivity contribution in [2.75, 3.05) is 5.32 Å². The molecule has 2 aromatic heterocycles. The summed E-state index contributed by atoms with van der Waals surface area (Å²) in [6, 6.07) is 6.32. The molecule has 0 atom stereocenters. The fourth-order valence-corrected chi connectivity index (χ4v) is 2.37. The van der Waals surface area contributed by atoms with Gasteiger partial charge in [-0.25, -0.2) is 9.18 Å². The Balaban J connectivity index is 1.75. The fraction of sp³-hybridized carbons (Fsp3) is 0.125. The van der Waals surface area contributed by atoms with Crippen LogP contribution in [-0.2, 0) is 13.6 Å². The largest absolute Gasteiger partial charge is 0.477 e. The number of aromatic carboxylic acids is 1. The van der Waals surface area contributed by atoms with E-state index in [1.54, 1.807) is 18.2 Å². The first-order valence-corrected chi connectivity index (χ1v) is 7.28. The van der Waals surface area contributed by atoms with Gasteiger partial charge in [0.1, 0.15) is 5.82 Å². The predicted octanol–water partition coefficient (Wildman–Crippen LogP) is 1.75. The van der Waals surface area contributed by atoms with Gasteiger partial charge in [0, 0.05) is 18.8 Å². The molecule has 0 aliphatic carbocycles. The van der Waals surface area contributed by atoms with Gasteiger partial charge in [-0.2, -0.15) is 10.2 Å². The molecule has 0 spiro atoms. The third-order valence-corrected chi connectivity index (χ3v) is 3.57. The van der Waals surface area contributed by atoms with Crippen molar-refractivity contribution in [2.45, 2.75) is 6.54 Å². The molecule has 25 heavy (non-hydrogen) atoms. The van der Waals surface area contributed by atoms with E-state index in [0.29, 0.717) is 11.3 Å². The summed E-state index contributed by atoms with van der Waals surface area (Å²) >= 11 is 0. The van der Waals surface area contributed by atoms with Crippen LogP contribution in [0.25, 0.3) is 0 Å². The van der Waals surface area contributed by atoms with Crippen LogP contribution < -0.4 is 5.32 Å². The number of carbonyl (C=O) groups is 2. The number of amides is 1. The summed E-state index contributed by atoms with van der Waals surface area (Å²) in [4.78, 5) is 23.5. The Morgan fingerprint density at radius 2 is 2.00 bits per heavy atom. The second-order valence-electron chi connectivity index (χ2n) is 5.31. The molecule has 3 rings (SSSR count). The van der Waals surface area contributed by atoms with E-state index in [1.165, 1.54) is 36.4 Å². The van der Waals surface area contributed by atoms with E-state index in [4.69, 9.17) is 5.11 Å². The maximum Gasteiger partial charge on any atom is 0.354 e. The van der Waals surface area contributed by atoms with Gasteiger partial charge in [-0.1, -0.05) is 18.2 Å². The van der Waals surface area contributed by atoms with Gasteiger partial charge in [-0.15, -0.1) is 0 Å². The molecule has 8 nitrogen and oxygen atoms in total.